The molecule has 0 aromatic heterocycles. The van der Waals surface area contributed by atoms with Crippen LogP contribution in [0.15, 0.2) is 42.5 Å². The van der Waals surface area contributed by atoms with Crippen molar-refractivity contribution in [2.24, 2.45) is 0 Å². The Morgan fingerprint density at radius 2 is 1.92 bits per heavy atom. The lowest BCUT2D eigenvalue weighted by molar-refractivity contribution is -0.0493. The second-order valence-electron chi connectivity index (χ2n) is 5.09. The Balaban J connectivity index is 2.13. The zero-order valence-corrected chi connectivity index (χ0v) is 13.9. The zero-order valence-electron chi connectivity index (χ0n) is 13.1. The molecule has 0 unspecified atom stereocenters. The number of hydrogen-bond donors (Lipinski definition) is 2. The molecule has 7 heteroatoms. The number of benzene rings is 2. The van der Waals surface area contributed by atoms with Crippen LogP contribution in [0, 0.1) is 6.92 Å². The highest BCUT2D eigenvalue weighted by Crippen LogP contribution is 2.27. The molecule has 0 heterocycles. The number of thiocarbonyl (C=S) groups is 1. The molecule has 0 saturated carbocycles. The number of hydrogen-bond acceptors (Lipinski definition) is 3. The standard InChI is InChI=1S/C17H16F2N2O2S/c1-10-6-7-15(23-16(18)19)14(8-10)21-17(24)20-13-5-3-4-12(9-13)11(2)22/h3-9,16H,1-2H3,(H2,20,21,24). The predicted octanol–water partition coefficient (Wildman–Crippen LogP) is 4.61. The predicted molar refractivity (Wildman–Crippen MR) is 94.1 cm³/mol. The fourth-order valence-electron chi connectivity index (χ4n) is 2.04. The summed E-state index contributed by atoms with van der Waals surface area (Å²) in [5, 5.41) is 5.94. The summed E-state index contributed by atoms with van der Waals surface area (Å²) in [6, 6.07) is 11.6. The van der Waals surface area contributed by atoms with E-state index in [9.17, 15) is 13.6 Å². The molecule has 0 bridgehead atoms. The molecule has 0 atom stereocenters. The lowest BCUT2D eigenvalue weighted by atomic mass is 10.1. The fraction of sp³-hybridized carbons (Fsp3) is 0.176. The van der Waals surface area contributed by atoms with E-state index in [-0.39, 0.29) is 16.6 Å². The molecule has 0 amide bonds. The molecule has 0 fully saturated rings. The van der Waals surface area contributed by atoms with Gasteiger partial charge in [-0.3, -0.25) is 4.79 Å². The average Bonchev–Trinajstić information content (AvgIpc) is 2.49. The molecule has 0 spiro atoms. The van der Waals surface area contributed by atoms with Crippen molar-refractivity contribution in [1.29, 1.82) is 0 Å². The summed E-state index contributed by atoms with van der Waals surface area (Å²) in [6.07, 6.45) is 0. The van der Waals surface area contributed by atoms with E-state index >= 15 is 0 Å². The van der Waals surface area contributed by atoms with Crippen LogP contribution in [0.1, 0.15) is 22.8 Å². The number of anilines is 2. The summed E-state index contributed by atoms with van der Waals surface area (Å²) >= 11 is 5.19. The Morgan fingerprint density at radius 3 is 2.58 bits per heavy atom. The van der Waals surface area contributed by atoms with Crippen molar-refractivity contribution in [2.75, 3.05) is 10.6 Å². The van der Waals surface area contributed by atoms with Crippen LogP contribution >= 0.6 is 12.2 Å². The van der Waals surface area contributed by atoms with Gasteiger partial charge in [0.2, 0.25) is 0 Å². The van der Waals surface area contributed by atoms with E-state index in [1.54, 1.807) is 36.4 Å². The first kappa shape index (κ1) is 17.8. The van der Waals surface area contributed by atoms with Gasteiger partial charge in [0.25, 0.3) is 0 Å². The molecular formula is C17H16F2N2O2S. The van der Waals surface area contributed by atoms with Gasteiger partial charge in [0, 0.05) is 11.3 Å². The maximum Gasteiger partial charge on any atom is 0.387 e. The van der Waals surface area contributed by atoms with E-state index in [1.165, 1.54) is 13.0 Å². The topological polar surface area (TPSA) is 50.4 Å². The van der Waals surface area contributed by atoms with Gasteiger partial charge in [-0.15, -0.1) is 0 Å². The molecule has 0 aliphatic rings. The normalized spacial score (nSPS) is 10.4. The Hall–Kier alpha value is -2.54. The van der Waals surface area contributed by atoms with Crippen molar-refractivity contribution >= 4 is 34.5 Å². The van der Waals surface area contributed by atoms with Crippen LogP contribution in [-0.4, -0.2) is 17.5 Å². The van der Waals surface area contributed by atoms with Gasteiger partial charge in [-0.05, 0) is 55.9 Å². The highest BCUT2D eigenvalue weighted by atomic mass is 32.1. The summed E-state index contributed by atoms with van der Waals surface area (Å²) in [6.45, 7) is 0.364. The first-order valence-electron chi connectivity index (χ1n) is 7.09. The number of halogens is 2. The van der Waals surface area contributed by atoms with Crippen LogP contribution in [0.3, 0.4) is 0 Å². The van der Waals surface area contributed by atoms with Crippen molar-refractivity contribution in [3.63, 3.8) is 0 Å². The third-order valence-corrected chi connectivity index (χ3v) is 3.33. The van der Waals surface area contributed by atoms with E-state index < -0.39 is 6.61 Å². The number of rotatable bonds is 5. The van der Waals surface area contributed by atoms with Crippen molar-refractivity contribution in [3.8, 4) is 5.75 Å². The zero-order chi connectivity index (χ0) is 17.7. The fourth-order valence-corrected chi connectivity index (χ4v) is 2.27. The van der Waals surface area contributed by atoms with Gasteiger partial charge >= 0.3 is 6.61 Å². The largest absolute Gasteiger partial charge is 0.433 e. The van der Waals surface area contributed by atoms with Gasteiger partial charge in [-0.25, -0.2) is 0 Å². The summed E-state index contributed by atoms with van der Waals surface area (Å²) in [5.74, 6) is -0.0685. The minimum absolute atomic E-state index is 0.00256. The quantitative estimate of drug-likeness (QED) is 0.609. The summed E-state index contributed by atoms with van der Waals surface area (Å²) in [5.41, 5.74) is 2.35. The molecular weight excluding hydrogens is 334 g/mol. The van der Waals surface area contributed by atoms with Crippen LogP contribution in [0.5, 0.6) is 5.75 Å². The number of carbonyl (C=O) groups is 1. The molecule has 2 rings (SSSR count). The van der Waals surface area contributed by atoms with E-state index in [0.29, 0.717) is 16.9 Å². The summed E-state index contributed by atoms with van der Waals surface area (Å²) < 4.78 is 29.4. The maximum atomic E-state index is 12.5. The molecule has 24 heavy (non-hydrogen) atoms. The Labute approximate surface area is 143 Å². The highest BCUT2D eigenvalue weighted by Gasteiger charge is 2.11. The van der Waals surface area contributed by atoms with Gasteiger partial charge in [-0.2, -0.15) is 8.78 Å². The van der Waals surface area contributed by atoms with Crippen LogP contribution in [-0.2, 0) is 0 Å². The highest BCUT2D eigenvalue weighted by molar-refractivity contribution is 7.80. The SMILES string of the molecule is CC(=O)c1cccc(NC(=S)Nc2cc(C)ccc2OC(F)F)c1. The lowest BCUT2D eigenvalue weighted by Gasteiger charge is -2.15. The minimum atomic E-state index is -2.93. The lowest BCUT2D eigenvalue weighted by Crippen LogP contribution is -2.20. The van der Waals surface area contributed by atoms with Crippen LogP contribution < -0.4 is 15.4 Å². The van der Waals surface area contributed by atoms with Crippen LogP contribution in [0.2, 0.25) is 0 Å². The monoisotopic (exact) mass is 350 g/mol. The summed E-state index contributed by atoms with van der Waals surface area (Å²) in [7, 11) is 0. The van der Waals surface area contributed by atoms with Gasteiger partial charge < -0.3 is 15.4 Å². The second kappa shape index (κ2) is 7.83. The van der Waals surface area contributed by atoms with Crippen molar-refractivity contribution in [3.05, 3.63) is 53.6 Å². The minimum Gasteiger partial charge on any atom is -0.433 e. The maximum absolute atomic E-state index is 12.5. The van der Waals surface area contributed by atoms with E-state index in [0.717, 1.165) is 5.56 Å². The molecule has 0 aliphatic heterocycles. The Kier molecular flexibility index (Phi) is 5.81. The second-order valence-corrected chi connectivity index (χ2v) is 5.50. The Morgan fingerprint density at radius 1 is 1.17 bits per heavy atom. The molecule has 0 aliphatic carbocycles. The van der Waals surface area contributed by atoms with Gasteiger partial charge in [0.05, 0.1) is 5.69 Å². The number of alkyl halides is 2. The van der Waals surface area contributed by atoms with Crippen molar-refractivity contribution in [2.45, 2.75) is 20.5 Å². The Bertz CT molecular complexity index is 766. The third kappa shape index (κ3) is 4.99. The van der Waals surface area contributed by atoms with Gasteiger partial charge in [0.1, 0.15) is 5.75 Å². The van der Waals surface area contributed by atoms with Crippen LogP contribution in [0.4, 0.5) is 20.2 Å². The van der Waals surface area contributed by atoms with Crippen molar-refractivity contribution in [1.82, 2.24) is 0 Å². The number of ketones is 1. The van der Waals surface area contributed by atoms with E-state index in [2.05, 4.69) is 15.4 Å². The summed E-state index contributed by atoms with van der Waals surface area (Å²) in [4.78, 5) is 11.4. The smallest absolute Gasteiger partial charge is 0.387 e. The van der Waals surface area contributed by atoms with E-state index in [4.69, 9.17) is 12.2 Å². The average molecular weight is 350 g/mol. The number of ether oxygens (including phenoxy) is 1. The number of nitrogens with one attached hydrogen (secondary N) is 2. The molecule has 2 N–H and O–H groups in total. The van der Waals surface area contributed by atoms with E-state index in [1.807, 2.05) is 6.92 Å². The molecule has 0 radical (unpaired) electrons. The molecule has 4 nitrogen and oxygen atoms in total. The number of aryl methyl sites for hydroxylation is 1. The first-order chi connectivity index (χ1) is 11.3. The first-order valence-corrected chi connectivity index (χ1v) is 7.50. The van der Waals surface area contributed by atoms with Gasteiger partial charge in [0.15, 0.2) is 10.9 Å². The van der Waals surface area contributed by atoms with Crippen molar-refractivity contribution < 1.29 is 18.3 Å². The molecule has 126 valence electrons. The molecule has 0 saturated heterocycles. The number of Topliss-reactive ketones (excluding diaryl/α,β-unsaturated/α-hetero) is 1. The number of carbonyl (C=O) groups excluding carboxylic acids is 1. The third-order valence-electron chi connectivity index (χ3n) is 3.13. The van der Waals surface area contributed by atoms with Crippen LogP contribution in [0.25, 0.3) is 0 Å². The molecule has 2 aromatic carbocycles. The van der Waals surface area contributed by atoms with Gasteiger partial charge in [-0.1, -0.05) is 18.2 Å². The molecule has 2 aromatic rings.